The maximum Gasteiger partial charge on any atom is 0.360 e. The van der Waals surface area contributed by atoms with Gasteiger partial charge < -0.3 is 9.47 Å². The minimum atomic E-state index is -0.528. The summed E-state index contributed by atoms with van der Waals surface area (Å²) in [6, 6.07) is 5.59. The molecule has 0 aliphatic carbocycles. The van der Waals surface area contributed by atoms with Crippen LogP contribution in [0.15, 0.2) is 24.4 Å². The van der Waals surface area contributed by atoms with Crippen molar-refractivity contribution in [1.29, 1.82) is 0 Å². The third-order valence-corrected chi connectivity index (χ3v) is 2.54. The minimum absolute atomic E-state index is 0.167. The average molecular weight is 262 g/mol. The number of pyridine rings is 1. The highest BCUT2D eigenvalue weighted by Crippen LogP contribution is 2.10. The normalized spacial score (nSPS) is 10.4. The maximum atomic E-state index is 11.6. The van der Waals surface area contributed by atoms with Crippen LogP contribution >= 0.6 is 0 Å². The van der Waals surface area contributed by atoms with Crippen LogP contribution in [0, 0.1) is 0 Å². The number of aromatic nitrogens is 4. The van der Waals surface area contributed by atoms with E-state index in [9.17, 15) is 4.79 Å². The number of nitrogens with zero attached hydrogens (tertiary/aromatic N) is 4. The van der Waals surface area contributed by atoms with Gasteiger partial charge in [-0.15, -0.1) is 5.10 Å². The van der Waals surface area contributed by atoms with Crippen molar-refractivity contribution in [2.45, 2.75) is 13.2 Å². The molecular weight excluding hydrogens is 248 g/mol. The van der Waals surface area contributed by atoms with Crippen molar-refractivity contribution in [2.75, 3.05) is 14.2 Å². The highest BCUT2D eigenvalue weighted by Gasteiger charge is 2.20. The van der Waals surface area contributed by atoms with Crippen molar-refractivity contribution in [3.05, 3.63) is 41.5 Å². The minimum Gasteiger partial charge on any atom is -0.464 e. The predicted octanol–water partition coefficient (Wildman–Crippen LogP) is 0.654. The summed E-state index contributed by atoms with van der Waals surface area (Å²) in [7, 11) is 2.84. The smallest absolute Gasteiger partial charge is 0.360 e. The lowest BCUT2D eigenvalue weighted by atomic mass is 10.3. The van der Waals surface area contributed by atoms with Gasteiger partial charge in [-0.05, 0) is 12.1 Å². The number of carbonyl (C=O) groups excluding carboxylic acids is 1. The van der Waals surface area contributed by atoms with E-state index in [-0.39, 0.29) is 12.3 Å². The molecule has 0 bridgehead atoms. The number of ether oxygens (including phenoxy) is 2. The Labute approximate surface area is 110 Å². The van der Waals surface area contributed by atoms with Crippen LogP contribution in [0.1, 0.15) is 21.9 Å². The fraction of sp³-hybridized carbons (Fsp3) is 0.333. The third kappa shape index (κ3) is 2.94. The SMILES string of the molecule is COCc1c(C(=O)OC)nnn1Cc1ccccn1. The molecule has 0 saturated carbocycles. The van der Waals surface area contributed by atoms with Crippen LogP contribution in [0.2, 0.25) is 0 Å². The molecule has 0 unspecified atom stereocenters. The van der Waals surface area contributed by atoms with Gasteiger partial charge in [-0.3, -0.25) is 4.98 Å². The maximum absolute atomic E-state index is 11.6. The molecule has 0 amide bonds. The van der Waals surface area contributed by atoms with E-state index in [0.717, 1.165) is 5.69 Å². The Morgan fingerprint density at radius 2 is 2.21 bits per heavy atom. The number of hydrogen-bond donors (Lipinski definition) is 0. The zero-order chi connectivity index (χ0) is 13.7. The molecule has 0 aliphatic rings. The number of hydrogen-bond acceptors (Lipinski definition) is 6. The van der Waals surface area contributed by atoms with E-state index in [0.29, 0.717) is 12.2 Å². The Balaban J connectivity index is 2.30. The molecule has 2 aromatic rings. The fourth-order valence-electron chi connectivity index (χ4n) is 1.64. The number of carbonyl (C=O) groups is 1. The van der Waals surface area contributed by atoms with Crippen molar-refractivity contribution >= 4 is 5.97 Å². The van der Waals surface area contributed by atoms with Crippen molar-refractivity contribution in [3.8, 4) is 0 Å². The molecule has 100 valence electrons. The molecular formula is C12H14N4O3. The Morgan fingerprint density at radius 1 is 1.37 bits per heavy atom. The van der Waals surface area contributed by atoms with Crippen LogP contribution in [0.3, 0.4) is 0 Å². The molecule has 0 N–H and O–H groups in total. The summed E-state index contributed by atoms with van der Waals surface area (Å²) in [6.07, 6.45) is 1.70. The van der Waals surface area contributed by atoms with Gasteiger partial charge in [-0.2, -0.15) is 0 Å². The number of rotatable bonds is 5. The first-order valence-corrected chi connectivity index (χ1v) is 5.65. The molecule has 0 aromatic carbocycles. The van der Waals surface area contributed by atoms with E-state index in [1.54, 1.807) is 18.0 Å². The van der Waals surface area contributed by atoms with Crippen molar-refractivity contribution in [1.82, 2.24) is 20.0 Å². The Bertz CT molecular complexity index is 553. The second-order valence-corrected chi connectivity index (χ2v) is 3.79. The summed E-state index contributed by atoms with van der Waals surface area (Å²) in [5, 5.41) is 7.78. The predicted molar refractivity (Wildman–Crippen MR) is 65.4 cm³/mol. The zero-order valence-electron chi connectivity index (χ0n) is 10.7. The lowest BCUT2D eigenvalue weighted by molar-refractivity contribution is 0.0588. The van der Waals surface area contributed by atoms with E-state index in [1.807, 2.05) is 18.2 Å². The summed E-state index contributed by atoms with van der Waals surface area (Å²) in [5.41, 5.74) is 1.56. The molecule has 0 atom stereocenters. The highest BCUT2D eigenvalue weighted by molar-refractivity contribution is 5.88. The van der Waals surface area contributed by atoms with Crippen LogP contribution in [-0.2, 0) is 22.6 Å². The Hall–Kier alpha value is -2.28. The molecule has 0 aliphatic heterocycles. The standard InChI is InChI=1S/C12H14N4O3/c1-18-8-10-11(12(17)19-2)14-15-16(10)7-9-5-3-4-6-13-9/h3-6H,7-8H2,1-2H3. The summed E-state index contributed by atoms with van der Waals surface area (Å²) in [5.74, 6) is -0.528. The van der Waals surface area contributed by atoms with Gasteiger partial charge in [-0.25, -0.2) is 9.48 Å². The lowest BCUT2D eigenvalue weighted by Gasteiger charge is -2.06. The van der Waals surface area contributed by atoms with Gasteiger partial charge >= 0.3 is 5.97 Å². The first-order chi connectivity index (χ1) is 9.26. The Kier molecular flexibility index (Phi) is 4.19. The van der Waals surface area contributed by atoms with E-state index >= 15 is 0 Å². The lowest BCUT2D eigenvalue weighted by Crippen LogP contribution is -2.11. The molecule has 2 rings (SSSR count). The van der Waals surface area contributed by atoms with Gasteiger partial charge in [0.25, 0.3) is 0 Å². The van der Waals surface area contributed by atoms with Crippen LogP contribution in [0.5, 0.6) is 0 Å². The van der Waals surface area contributed by atoms with Crippen LogP contribution < -0.4 is 0 Å². The van der Waals surface area contributed by atoms with Gasteiger partial charge in [0.1, 0.15) is 0 Å². The van der Waals surface area contributed by atoms with E-state index in [2.05, 4.69) is 20.0 Å². The molecule has 0 radical (unpaired) electrons. The van der Waals surface area contributed by atoms with Crippen molar-refractivity contribution in [2.24, 2.45) is 0 Å². The molecule has 2 aromatic heterocycles. The van der Waals surface area contributed by atoms with Crippen LogP contribution in [-0.4, -0.2) is 40.2 Å². The van der Waals surface area contributed by atoms with Gasteiger partial charge in [0, 0.05) is 13.3 Å². The van der Waals surface area contributed by atoms with Crippen molar-refractivity contribution < 1.29 is 14.3 Å². The molecule has 0 fully saturated rings. The first-order valence-electron chi connectivity index (χ1n) is 5.65. The summed E-state index contributed by atoms with van der Waals surface area (Å²) in [6.45, 7) is 0.647. The van der Waals surface area contributed by atoms with Gasteiger partial charge in [0.15, 0.2) is 5.69 Å². The second-order valence-electron chi connectivity index (χ2n) is 3.79. The van der Waals surface area contributed by atoms with Crippen LogP contribution in [0.4, 0.5) is 0 Å². The molecule has 0 saturated heterocycles. The third-order valence-electron chi connectivity index (χ3n) is 2.54. The fourth-order valence-corrected chi connectivity index (χ4v) is 1.64. The molecule has 2 heterocycles. The monoisotopic (exact) mass is 262 g/mol. The zero-order valence-corrected chi connectivity index (χ0v) is 10.7. The first kappa shape index (κ1) is 13.2. The number of methoxy groups -OCH3 is 2. The van der Waals surface area contributed by atoms with E-state index < -0.39 is 5.97 Å². The summed E-state index contributed by atoms with van der Waals surface area (Å²) >= 11 is 0. The molecule has 7 nitrogen and oxygen atoms in total. The van der Waals surface area contributed by atoms with Crippen LogP contribution in [0.25, 0.3) is 0 Å². The quantitative estimate of drug-likeness (QED) is 0.736. The van der Waals surface area contributed by atoms with E-state index in [1.165, 1.54) is 7.11 Å². The van der Waals surface area contributed by atoms with Crippen molar-refractivity contribution in [3.63, 3.8) is 0 Å². The highest BCUT2D eigenvalue weighted by atomic mass is 16.5. The van der Waals surface area contributed by atoms with E-state index in [4.69, 9.17) is 4.74 Å². The molecule has 19 heavy (non-hydrogen) atoms. The van der Waals surface area contributed by atoms with Gasteiger partial charge in [-0.1, -0.05) is 11.3 Å². The van der Waals surface area contributed by atoms with Gasteiger partial charge in [0.2, 0.25) is 0 Å². The second kappa shape index (κ2) is 6.05. The molecule has 0 spiro atoms. The summed E-state index contributed by atoms with van der Waals surface area (Å²) < 4.78 is 11.3. The summed E-state index contributed by atoms with van der Waals surface area (Å²) in [4.78, 5) is 15.8. The van der Waals surface area contributed by atoms with Gasteiger partial charge in [0.05, 0.1) is 31.6 Å². The number of esters is 1. The largest absolute Gasteiger partial charge is 0.464 e. The average Bonchev–Trinajstić information content (AvgIpc) is 2.83. The Morgan fingerprint density at radius 3 is 2.84 bits per heavy atom. The molecule has 7 heteroatoms. The topological polar surface area (TPSA) is 79.1 Å².